The average Bonchev–Trinajstić information content (AvgIpc) is 3.05. The van der Waals surface area contributed by atoms with Crippen molar-refractivity contribution in [3.05, 3.63) is 35.2 Å². The van der Waals surface area contributed by atoms with Crippen LogP contribution in [0.4, 0.5) is 0 Å². The minimum absolute atomic E-state index is 0.383. The van der Waals surface area contributed by atoms with Crippen molar-refractivity contribution in [1.82, 2.24) is 9.97 Å². The highest BCUT2D eigenvalue weighted by Gasteiger charge is 2.13. The lowest BCUT2D eigenvalue weighted by Gasteiger charge is -2.02. The van der Waals surface area contributed by atoms with E-state index in [-0.39, 0.29) is 0 Å². The SMILES string of the molecule is COc1cc(C(N)=O)cc2nc(-c3cccs3)[nH]c12. The number of hydrogen-bond donors (Lipinski definition) is 2. The summed E-state index contributed by atoms with van der Waals surface area (Å²) in [5, 5.41) is 1.98. The number of methoxy groups -OCH3 is 1. The van der Waals surface area contributed by atoms with Crippen LogP contribution in [-0.2, 0) is 0 Å². The molecule has 6 heteroatoms. The van der Waals surface area contributed by atoms with E-state index in [9.17, 15) is 4.79 Å². The normalized spacial score (nSPS) is 10.8. The lowest BCUT2D eigenvalue weighted by molar-refractivity contribution is 0.1000. The second-order valence-corrected chi connectivity index (χ2v) is 4.95. The smallest absolute Gasteiger partial charge is 0.248 e. The van der Waals surface area contributed by atoms with Gasteiger partial charge in [0.05, 0.1) is 17.5 Å². The van der Waals surface area contributed by atoms with Crippen LogP contribution < -0.4 is 10.5 Å². The number of fused-ring (bicyclic) bond motifs is 1. The summed E-state index contributed by atoms with van der Waals surface area (Å²) < 4.78 is 5.27. The summed E-state index contributed by atoms with van der Waals surface area (Å²) in [5.41, 5.74) is 7.11. The number of carbonyl (C=O) groups excluding carboxylic acids is 1. The van der Waals surface area contributed by atoms with Crippen LogP contribution in [-0.4, -0.2) is 23.0 Å². The van der Waals surface area contributed by atoms with Gasteiger partial charge >= 0.3 is 0 Å². The molecular formula is C13H11N3O2S. The number of hydrogen-bond acceptors (Lipinski definition) is 4. The molecule has 2 aromatic heterocycles. The van der Waals surface area contributed by atoms with Crippen LogP contribution in [0.15, 0.2) is 29.6 Å². The number of H-pyrrole nitrogens is 1. The summed E-state index contributed by atoms with van der Waals surface area (Å²) in [7, 11) is 1.55. The van der Waals surface area contributed by atoms with Crippen molar-refractivity contribution in [3.63, 3.8) is 0 Å². The van der Waals surface area contributed by atoms with Gasteiger partial charge in [0.25, 0.3) is 0 Å². The molecule has 5 nitrogen and oxygen atoms in total. The zero-order valence-electron chi connectivity index (χ0n) is 10.1. The zero-order chi connectivity index (χ0) is 13.4. The number of aromatic amines is 1. The minimum atomic E-state index is -0.499. The molecule has 0 bridgehead atoms. The quantitative estimate of drug-likeness (QED) is 0.768. The Morgan fingerprint density at radius 2 is 2.32 bits per heavy atom. The number of thiophene rings is 1. The molecule has 1 aromatic carbocycles. The number of imidazole rings is 1. The van der Waals surface area contributed by atoms with Gasteiger partial charge in [0.2, 0.25) is 5.91 Å². The highest BCUT2D eigenvalue weighted by molar-refractivity contribution is 7.13. The number of benzene rings is 1. The van der Waals surface area contributed by atoms with E-state index in [1.54, 1.807) is 30.6 Å². The van der Waals surface area contributed by atoms with Gasteiger partial charge in [-0.05, 0) is 23.6 Å². The molecule has 3 rings (SSSR count). The first-order valence-corrected chi connectivity index (χ1v) is 6.48. The Morgan fingerprint density at radius 1 is 1.47 bits per heavy atom. The standard InChI is InChI=1S/C13H11N3O2S/c1-18-9-6-7(12(14)17)5-8-11(9)16-13(15-8)10-3-2-4-19-10/h2-6H,1H3,(H2,14,17)(H,15,16). The van der Waals surface area contributed by atoms with Crippen LogP contribution in [0.5, 0.6) is 5.75 Å². The van der Waals surface area contributed by atoms with Gasteiger partial charge in [0.1, 0.15) is 17.1 Å². The summed E-state index contributed by atoms with van der Waals surface area (Å²) in [4.78, 5) is 20.0. The Labute approximate surface area is 113 Å². The highest BCUT2D eigenvalue weighted by atomic mass is 32.1. The molecule has 0 spiro atoms. The first-order chi connectivity index (χ1) is 9.19. The van der Waals surface area contributed by atoms with Crippen molar-refractivity contribution in [3.8, 4) is 16.5 Å². The van der Waals surface area contributed by atoms with E-state index in [1.807, 2.05) is 17.5 Å². The molecule has 0 atom stereocenters. The maximum atomic E-state index is 11.3. The van der Waals surface area contributed by atoms with E-state index >= 15 is 0 Å². The van der Waals surface area contributed by atoms with Crippen molar-refractivity contribution >= 4 is 28.3 Å². The summed E-state index contributed by atoms with van der Waals surface area (Å²) in [6.07, 6.45) is 0. The van der Waals surface area contributed by atoms with E-state index in [1.165, 1.54) is 0 Å². The van der Waals surface area contributed by atoms with Crippen molar-refractivity contribution in [1.29, 1.82) is 0 Å². The number of nitrogens with one attached hydrogen (secondary N) is 1. The Hall–Kier alpha value is -2.34. The van der Waals surface area contributed by atoms with Gasteiger partial charge in [-0.25, -0.2) is 4.98 Å². The van der Waals surface area contributed by atoms with Gasteiger partial charge in [-0.2, -0.15) is 0 Å². The second kappa shape index (κ2) is 4.40. The third-order valence-electron chi connectivity index (χ3n) is 2.82. The van der Waals surface area contributed by atoms with Crippen LogP contribution in [0.3, 0.4) is 0 Å². The van der Waals surface area contributed by atoms with E-state index in [0.717, 1.165) is 16.2 Å². The summed E-state index contributed by atoms with van der Waals surface area (Å²) >= 11 is 1.59. The Kier molecular flexibility index (Phi) is 2.72. The van der Waals surface area contributed by atoms with Crippen molar-refractivity contribution in [2.75, 3.05) is 7.11 Å². The molecule has 0 aliphatic rings. The van der Waals surface area contributed by atoms with Crippen LogP contribution in [0.2, 0.25) is 0 Å². The highest BCUT2D eigenvalue weighted by Crippen LogP contribution is 2.30. The molecule has 0 unspecified atom stereocenters. The predicted molar refractivity (Wildman–Crippen MR) is 74.5 cm³/mol. The molecule has 0 aliphatic carbocycles. The number of nitrogens with zero attached hydrogens (tertiary/aromatic N) is 1. The molecule has 0 saturated heterocycles. The van der Waals surface area contributed by atoms with Crippen molar-refractivity contribution in [2.45, 2.75) is 0 Å². The predicted octanol–water partition coefficient (Wildman–Crippen LogP) is 2.40. The maximum Gasteiger partial charge on any atom is 0.248 e. The van der Waals surface area contributed by atoms with E-state index in [0.29, 0.717) is 16.8 Å². The minimum Gasteiger partial charge on any atom is -0.494 e. The molecular weight excluding hydrogens is 262 g/mol. The fourth-order valence-electron chi connectivity index (χ4n) is 1.91. The molecule has 0 radical (unpaired) electrons. The van der Waals surface area contributed by atoms with Gasteiger partial charge in [0.15, 0.2) is 0 Å². The molecule has 0 saturated carbocycles. The van der Waals surface area contributed by atoms with Crippen LogP contribution >= 0.6 is 11.3 Å². The fourth-order valence-corrected chi connectivity index (χ4v) is 2.58. The van der Waals surface area contributed by atoms with Crippen LogP contribution in [0.1, 0.15) is 10.4 Å². The average molecular weight is 273 g/mol. The molecule has 2 heterocycles. The number of rotatable bonds is 3. The number of nitrogens with two attached hydrogens (primary N) is 1. The second-order valence-electron chi connectivity index (χ2n) is 4.00. The molecule has 0 aliphatic heterocycles. The number of amides is 1. The largest absolute Gasteiger partial charge is 0.494 e. The number of carbonyl (C=O) groups is 1. The lowest BCUT2D eigenvalue weighted by atomic mass is 10.2. The zero-order valence-corrected chi connectivity index (χ0v) is 11.0. The van der Waals surface area contributed by atoms with E-state index < -0.39 is 5.91 Å². The van der Waals surface area contributed by atoms with Gasteiger partial charge in [0, 0.05) is 5.56 Å². The molecule has 0 fully saturated rings. The monoisotopic (exact) mass is 273 g/mol. The number of ether oxygens (including phenoxy) is 1. The summed E-state index contributed by atoms with van der Waals surface area (Å²) in [5.74, 6) is 0.812. The first kappa shape index (κ1) is 11.7. The fraction of sp³-hybridized carbons (Fsp3) is 0.0769. The van der Waals surface area contributed by atoms with Crippen molar-refractivity contribution < 1.29 is 9.53 Å². The topological polar surface area (TPSA) is 81.0 Å². The summed E-state index contributed by atoms with van der Waals surface area (Å²) in [6, 6.07) is 7.21. The van der Waals surface area contributed by atoms with Crippen LogP contribution in [0.25, 0.3) is 21.7 Å². The Bertz CT molecular complexity index is 747. The summed E-state index contributed by atoms with van der Waals surface area (Å²) in [6.45, 7) is 0. The number of aromatic nitrogens is 2. The molecule has 1 amide bonds. The van der Waals surface area contributed by atoms with E-state index in [2.05, 4.69) is 9.97 Å². The first-order valence-electron chi connectivity index (χ1n) is 5.60. The Balaban J connectivity index is 2.24. The van der Waals surface area contributed by atoms with Gasteiger partial charge in [-0.15, -0.1) is 11.3 Å². The third-order valence-corrected chi connectivity index (χ3v) is 3.69. The molecule has 96 valence electrons. The van der Waals surface area contributed by atoms with Crippen LogP contribution in [0, 0.1) is 0 Å². The molecule has 3 aromatic rings. The lowest BCUT2D eigenvalue weighted by Crippen LogP contribution is -2.10. The number of primary amides is 1. The van der Waals surface area contributed by atoms with Gasteiger partial charge in [-0.3, -0.25) is 4.79 Å². The molecule has 3 N–H and O–H groups in total. The van der Waals surface area contributed by atoms with Gasteiger partial charge < -0.3 is 15.5 Å². The Morgan fingerprint density at radius 3 is 2.95 bits per heavy atom. The van der Waals surface area contributed by atoms with Gasteiger partial charge in [-0.1, -0.05) is 6.07 Å². The molecule has 19 heavy (non-hydrogen) atoms. The maximum absolute atomic E-state index is 11.3. The third kappa shape index (κ3) is 1.96. The van der Waals surface area contributed by atoms with E-state index in [4.69, 9.17) is 10.5 Å². The van der Waals surface area contributed by atoms with Crippen molar-refractivity contribution in [2.24, 2.45) is 5.73 Å².